The quantitative estimate of drug-likeness (QED) is 0.739. The van der Waals surface area contributed by atoms with Gasteiger partial charge in [-0.25, -0.2) is 0 Å². The third-order valence-electron chi connectivity index (χ3n) is 2.72. The van der Waals surface area contributed by atoms with Crippen LogP contribution in [0.25, 0.3) is 0 Å². The number of rotatable bonds is 2. The van der Waals surface area contributed by atoms with E-state index in [1.807, 2.05) is 6.07 Å². The van der Waals surface area contributed by atoms with E-state index in [0.29, 0.717) is 4.34 Å². The zero-order chi connectivity index (χ0) is 10.5. The minimum atomic E-state index is 0.194. The van der Waals surface area contributed by atoms with E-state index in [9.17, 15) is 4.79 Å². The monoisotopic (exact) mass is 292 g/mol. The molecular weight excluding hydrogens is 284 g/mol. The summed E-state index contributed by atoms with van der Waals surface area (Å²) in [6.07, 6.45) is 0.999. The second-order valence-corrected chi connectivity index (χ2v) is 6.85. The molecule has 1 aromatic rings. The Hall–Kier alpha value is 0.140. The summed E-state index contributed by atoms with van der Waals surface area (Å²) < 4.78 is 1.48. The smallest absolute Gasteiger partial charge is 0.176 e. The molecule has 1 saturated carbocycles. The van der Waals surface area contributed by atoms with Gasteiger partial charge in [0.1, 0.15) is 4.34 Å². The zero-order valence-electron chi connectivity index (χ0n) is 7.93. The van der Waals surface area contributed by atoms with Gasteiger partial charge >= 0.3 is 0 Å². The summed E-state index contributed by atoms with van der Waals surface area (Å²) in [7, 11) is 0. The van der Waals surface area contributed by atoms with Crippen LogP contribution in [0.2, 0.25) is 4.34 Å². The molecule has 0 bridgehead atoms. The molecule has 0 aromatic carbocycles. The van der Waals surface area contributed by atoms with Crippen LogP contribution in [0.5, 0.6) is 0 Å². The van der Waals surface area contributed by atoms with Crippen molar-refractivity contribution in [2.24, 2.45) is 11.3 Å². The van der Waals surface area contributed by atoms with Crippen molar-refractivity contribution in [3.8, 4) is 0 Å². The Labute approximate surface area is 101 Å². The highest BCUT2D eigenvalue weighted by atomic mass is 79.9. The van der Waals surface area contributed by atoms with E-state index in [-0.39, 0.29) is 17.1 Å². The average Bonchev–Trinajstić information content (AvgIpc) is 2.59. The van der Waals surface area contributed by atoms with Crippen molar-refractivity contribution in [1.82, 2.24) is 0 Å². The lowest BCUT2D eigenvalue weighted by atomic mass is 10.1. The van der Waals surface area contributed by atoms with Crippen LogP contribution in [0.4, 0.5) is 0 Å². The van der Waals surface area contributed by atoms with Gasteiger partial charge in [-0.15, -0.1) is 11.3 Å². The van der Waals surface area contributed by atoms with E-state index in [1.165, 1.54) is 11.3 Å². The molecular formula is C10H10BrClOS. The Morgan fingerprint density at radius 2 is 2.29 bits per heavy atom. The summed E-state index contributed by atoms with van der Waals surface area (Å²) in [6, 6.07) is 1.82. The highest BCUT2D eigenvalue weighted by Crippen LogP contribution is 2.53. The molecule has 14 heavy (non-hydrogen) atoms. The number of halogens is 2. The lowest BCUT2D eigenvalue weighted by molar-refractivity contribution is 0.0957. The molecule has 4 heteroatoms. The number of ketones is 1. The minimum absolute atomic E-state index is 0.194. The lowest BCUT2D eigenvalue weighted by Gasteiger charge is -1.99. The van der Waals surface area contributed by atoms with Gasteiger partial charge in [0.15, 0.2) is 5.78 Å². The molecule has 0 N–H and O–H groups in total. The molecule has 1 atom stereocenters. The van der Waals surface area contributed by atoms with Crippen molar-refractivity contribution >= 4 is 44.7 Å². The van der Waals surface area contributed by atoms with Crippen molar-refractivity contribution in [1.29, 1.82) is 0 Å². The van der Waals surface area contributed by atoms with Gasteiger partial charge in [0, 0.05) is 10.4 Å². The van der Waals surface area contributed by atoms with Crippen molar-refractivity contribution in [3.05, 3.63) is 19.8 Å². The molecule has 0 aliphatic heterocycles. The van der Waals surface area contributed by atoms with Crippen LogP contribution in [0, 0.1) is 11.3 Å². The molecule has 0 saturated heterocycles. The molecule has 1 heterocycles. The molecule has 76 valence electrons. The molecule has 1 fully saturated rings. The summed E-state index contributed by atoms with van der Waals surface area (Å²) >= 11 is 10.6. The van der Waals surface area contributed by atoms with E-state index < -0.39 is 0 Å². The van der Waals surface area contributed by atoms with Gasteiger partial charge in [0.25, 0.3) is 0 Å². The number of Topliss-reactive ketones (excluding diaryl/α,β-unsaturated/α-hetero) is 1. The number of hydrogen-bond acceptors (Lipinski definition) is 2. The van der Waals surface area contributed by atoms with Crippen LogP contribution in [0.15, 0.2) is 10.5 Å². The van der Waals surface area contributed by atoms with Crippen LogP contribution < -0.4 is 0 Å². The van der Waals surface area contributed by atoms with Crippen molar-refractivity contribution in [3.63, 3.8) is 0 Å². The predicted octanol–water partition coefficient (Wildman–Crippen LogP) is 4.39. The van der Waals surface area contributed by atoms with Gasteiger partial charge in [-0.1, -0.05) is 25.4 Å². The van der Waals surface area contributed by atoms with Crippen LogP contribution in [0.3, 0.4) is 0 Å². The van der Waals surface area contributed by atoms with Crippen LogP contribution in [0.1, 0.15) is 29.9 Å². The minimum Gasteiger partial charge on any atom is -0.293 e. The standard InChI is InChI=1S/C10H10BrClOS/c1-10(2)4-5(10)8(13)7-3-6(11)9(12)14-7/h3,5H,4H2,1-2H3. The second kappa shape index (κ2) is 3.32. The predicted molar refractivity (Wildman–Crippen MR) is 63.2 cm³/mol. The van der Waals surface area contributed by atoms with Crippen molar-refractivity contribution in [2.75, 3.05) is 0 Å². The summed E-state index contributed by atoms with van der Waals surface area (Å²) in [6.45, 7) is 4.25. The number of thiophene rings is 1. The average molecular weight is 294 g/mol. The van der Waals surface area contributed by atoms with Gasteiger partial charge in [0.05, 0.1) is 4.88 Å². The summed E-state index contributed by atoms with van der Waals surface area (Å²) in [4.78, 5) is 12.7. The summed E-state index contributed by atoms with van der Waals surface area (Å²) in [5.41, 5.74) is 0.194. The summed E-state index contributed by atoms with van der Waals surface area (Å²) in [5.74, 6) is 0.441. The molecule has 2 rings (SSSR count). The van der Waals surface area contributed by atoms with Gasteiger partial charge in [0.2, 0.25) is 0 Å². The normalized spacial score (nSPS) is 23.6. The Morgan fingerprint density at radius 3 is 2.64 bits per heavy atom. The highest BCUT2D eigenvalue weighted by Gasteiger charge is 2.50. The van der Waals surface area contributed by atoms with Crippen LogP contribution >= 0.6 is 38.9 Å². The Morgan fingerprint density at radius 1 is 1.71 bits per heavy atom. The van der Waals surface area contributed by atoms with E-state index in [0.717, 1.165) is 15.8 Å². The second-order valence-electron chi connectivity index (χ2n) is 4.34. The molecule has 0 spiro atoms. The molecule has 0 radical (unpaired) electrons. The van der Waals surface area contributed by atoms with E-state index in [4.69, 9.17) is 11.6 Å². The van der Waals surface area contributed by atoms with Crippen LogP contribution in [-0.4, -0.2) is 5.78 Å². The molecule has 1 unspecified atom stereocenters. The zero-order valence-corrected chi connectivity index (χ0v) is 11.1. The maximum Gasteiger partial charge on any atom is 0.176 e. The molecule has 0 amide bonds. The maximum atomic E-state index is 11.9. The van der Waals surface area contributed by atoms with Gasteiger partial charge in [-0.2, -0.15) is 0 Å². The van der Waals surface area contributed by atoms with Crippen molar-refractivity contribution < 1.29 is 4.79 Å². The third kappa shape index (κ3) is 1.77. The molecule has 1 aromatic heterocycles. The van der Waals surface area contributed by atoms with E-state index in [1.54, 1.807) is 0 Å². The third-order valence-corrected chi connectivity index (χ3v) is 5.21. The Balaban J connectivity index is 2.21. The number of hydrogen-bond donors (Lipinski definition) is 0. The first-order valence-electron chi connectivity index (χ1n) is 4.41. The fraction of sp³-hybridized carbons (Fsp3) is 0.500. The highest BCUT2D eigenvalue weighted by molar-refractivity contribution is 9.10. The topological polar surface area (TPSA) is 17.1 Å². The molecule has 1 aliphatic rings. The Kier molecular flexibility index (Phi) is 2.53. The first-order valence-corrected chi connectivity index (χ1v) is 6.39. The number of carbonyl (C=O) groups excluding carboxylic acids is 1. The fourth-order valence-corrected chi connectivity index (χ4v) is 3.25. The first kappa shape index (κ1) is 10.7. The Bertz CT molecular complexity index is 377. The largest absolute Gasteiger partial charge is 0.293 e. The molecule has 1 nitrogen and oxygen atoms in total. The lowest BCUT2D eigenvalue weighted by Crippen LogP contribution is -2.04. The van der Waals surface area contributed by atoms with Gasteiger partial charge in [-0.3, -0.25) is 4.79 Å². The summed E-state index contributed by atoms with van der Waals surface area (Å²) in [5, 5.41) is 0. The first-order chi connectivity index (χ1) is 6.42. The number of carbonyl (C=O) groups is 1. The fourth-order valence-electron chi connectivity index (χ4n) is 1.55. The van der Waals surface area contributed by atoms with Crippen molar-refractivity contribution in [2.45, 2.75) is 20.3 Å². The van der Waals surface area contributed by atoms with Gasteiger partial charge < -0.3 is 0 Å². The van der Waals surface area contributed by atoms with E-state index in [2.05, 4.69) is 29.8 Å². The van der Waals surface area contributed by atoms with Crippen LogP contribution in [-0.2, 0) is 0 Å². The SMILES string of the molecule is CC1(C)CC1C(=O)c1cc(Br)c(Cl)s1. The van der Waals surface area contributed by atoms with Gasteiger partial charge in [-0.05, 0) is 33.8 Å². The molecule has 1 aliphatic carbocycles. The maximum absolute atomic E-state index is 11.9. The van der Waals surface area contributed by atoms with E-state index >= 15 is 0 Å².